The molecule has 0 fully saturated rings. The van der Waals surface area contributed by atoms with Crippen LogP contribution in [-0.4, -0.2) is 27.5 Å². The van der Waals surface area contributed by atoms with Gasteiger partial charge in [0.05, 0.1) is 16.9 Å². The molecule has 5 nitrogen and oxygen atoms in total. The third kappa shape index (κ3) is 3.38. The first-order chi connectivity index (χ1) is 13.1. The zero-order valence-electron chi connectivity index (χ0n) is 15.3. The van der Waals surface area contributed by atoms with Crippen LogP contribution in [0.15, 0.2) is 54.9 Å². The largest absolute Gasteiger partial charge is 0.396 e. The summed E-state index contributed by atoms with van der Waals surface area (Å²) in [5, 5.41) is 12.9. The maximum Gasteiger partial charge on any atom is 0.167 e. The number of anilines is 2. The number of benzene rings is 1. The fraction of sp³-hybridized carbons (Fsp3) is 0.273. The van der Waals surface area contributed by atoms with Gasteiger partial charge in [-0.2, -0.15) is 0 Å². The summed E-state index contributed by atoms with van der Waals surface area (Å²) in [4.78, 5) is 20.7. The second-order valence-corrected chi connectivity index (χ2v) is 7.52. The minimum atomic E-state index is -0.219. The highest BCUT2D eigenvalue weighted by Gasteiger charge is 2.38. The van der Waals surface area contributed by atoms with Crippen molar-refractivity contribution < 1.29 is 9.90 Å². The van der Waals surface area contributed by atoms with E-state index in [-0.39, 0.29) is 17.8 Å². The highest BCUT2D eigenvalue weighted by Crippen LogP contribution is 2.44. The molecule has 1 aromatic carbocycles. The maximum absolute atomic E-state index is 13.1. The first kappa shape index (κ1) is 17.5. The highest BCUT2D eigenvalue weighted by atomic mass is 16.3. The highest BCUT2D eigenvalue weighted by molar-refractivity contribution is 6.07. The molecule has 0 aliphatic heterocycles. The van der Waals surface area contributed by atoms with Crippen molar-refractivity contribution in [1.29, 1.82) is 0 Å². The van der Waals surface area contributed by atoms with Crippen LogP contribution in [0.5, 0.6) is 0 Å². The number of rotatable bonds is 5. The van der Waals surface area contributed by atoms with Gasteiger partial charge in [0.25, 0.3) is 0 Å². The SMILES string of the molecule is CC1(CCO)CC(=O)c2c([nH]c(-c3ccncc3)c2Nc2ccccc2)C1. The van der Waals surface area contributed by atoms with Crippen LogP contribution in [0, 0.1) is 5.41 Å². The van der Waals surface area contributed by atoms with Crippen molar-refractivity contribution in [2.75, 3.05) is 11.9 Å². The van der Waals surface area contributed by atoms with Crippen LogP contribution in [0.3, 0.4) is 0 Å². The number of fused-ring (bicyclic) bond motifs is 1. The molecular weight excluding hydrogens is 338 g/mol. The summed E-state index contributed by atoms with van der Waals surface area (Å²) >= 11 is 0. The monoisotopic (exact) mass is 361 g/mol. The molecule has 0 amide bonds. The molecule has 1 atom stereocenters. The summed E-state index contributed by atoms with van der Waals surface area (Å²) in [6.07, 6.45) is 5.29. The molecule has 1 aliphatic rings. The number of pyridine rings is 1. The van der Waals surface area contributed by atoms with Crippen LogP contribution in [0.1, 0.15) is 35.8 Å². The molecule has 3 N–H and O–H groups in total. The van der Waals surface area contributed by atoms with Gasteiger partial charge in [-0.3, -0.25) is 9.78 Å². The Balaban J connectivity index is 1.84. The van der Waals surface area contributed by atoms with E-state index >= 15 is 0 Å². The Morgan fingerprint density at radius 2 is 1.89 bits per heavy atom. The standard InChI is InChI=1S/C22H23N3O2/c1-22(9-12-26)13-17-19(18(27)14-22)21(24-16-5-3-2-4-6-16)20(25-17)15-7-10-23-11-8-15/h2-8,10-11,24-26H,9,12-14H2,1H3. The molecule has 138 valence electrons. The van der Waals surface area contributed by atoms with Crippen molar-refractivity contribution in [3.63, 3.8) is 0 Å². The summed E-state index contributed by atoms with van der Waals surface area (Å²) in [5.41, 5.74) is 5.09. The molecule has 0 saturated heterocycles. The van der Waals surface area contributed by atoms with Crippen molar-refractivity contribution in [2.45, 2.75) is 26.2 Å². The maximum atomic E-state index is 13.1. The number of nitrogens with one attached hydrogen (secondary N) is 2. The zero-order chi connectivity index (χ0) is 18.9. The third-order valence-corrected chi connectivity index (χ3v) is 5.27. The van der Waals surface area contributed by atoms with Gasteiger partial charge in [-0.1, -0.05) is 25.1 Å². The van der Waals surface area contributed by atoms with Crippen LogP contribution in [0.2, 0.25) is 0 Å². The lowest BCUT2D eigenvalue weighted by molar-refractivity contribution is 0.0867. The number of Topliss-reactive ketones (excluding diaryl/α,β-unsaturated/α-hetero) is 1. The zero-order valence-corrected chi connectivity index (χ0v) is 15.3. The van der Waals surface area contributed by atoms with Gasteiger partial charge in [-0.05, 0) is 42.5 Å². The lowest BCUT2D eigenvalue weighted by atomic mass is 9.72. The molecule has 1 aliphatic carbocycles. The van der Waals surface area contributed by atoms with E-state index in [0.717, 1.165) is 40.3 Å². The number of aliphatic hydroxyl groups is 1. The van der Waals surface area contributed by atoms with Gasteiger partial charge in [0.15, 0.2) is 5.78 Å². The number of hydrogen-bond donors (Lipinski definition) is 3. The molecule has 2 heterocycles. The topological polar surface area (TPSA) is 78.0 Å². The molecule has 3 aromatic rings. The first-order valence-electron chi connectivity index (χ1n) is 9.21. The fourth-order valence-corrected chi connectivity index (χ4v) is 3.93. The average Bonchev–Trinajstić information content (AvgIpc) is 3.01. The van der Waals surface area contributed by atoms with Gasteiger partial charge in [0, 0.05) is 42.4 Å². The molecule has 1 unspecified atom stereocenters. The lowest BCUT2D eigenvalue weighted by Crippen LogP contribution is -2.30. The van der Waals surface area contributed by atoms with Gasteiger partial charge < -0.3 is 15.4 Å². The average molecular weight is 361 g/mol. The molecule has 5 heteroatoms. The van der Waals surface area contributed by atoms with Crippen LogP contribution >= 0.6 is 0 Å². The van der Waals surface area contributed by atoms with E-state index in [1.54, 1.807) is 12.4 Å². The van der Waals surface area contributed by atoms with E-state index in [4.69, 9.17) is 0 Å². The molecule has 2 aromatic heterocycles. The molecule has 0 radical (unpaired) electrons. The predicted molar refractivity (Wildman–Crippen MR) is 106 cm³/mol. The molecule has 0 bridgehead atoms. The van der Waals surface area contributed by atoms with E-state index < -0.39 is 0 Å². The van der Waals surface area contributed by atoms with Crippen LogP contribution in [0.25, 0.3) is 11.3 Å². The van der Waals surface area contributed by atoms with Crippen molar-refractivity contribution in [3.05, 3.63) is 66.1 Å². The van der Waals surface area contributed by atoms with Crippen molar-refractivity contribution >= 4 is 17.2 Å². The van der Waals surface area contributed by atoms with E-state index in [1.807, 2.05) is 42.5 Å². The number of carbonyl (C=O) groups excluding carboxylic acids is 1. The summed E-state index contributed by atoms with van der Waals surface area (Å²) < 4.78 is 0. The number of aromatic nitrogens is 2. The molecule has 0 spiro atoms. The second kappa shape index (κ2) is 7.00. The Morgan fingerprint density at radius 3 is 2.59 bits per heavy atom. The number of carbonyl (C=O) groups is 1. The van der Waals surface area contributed by atoms with Gasteiger partial charge in [-0.25, -0.2) is 0 Å². The van der Waals surface area contributed by atoms with Crippen molar-refractivity contribution in [2.24, 2.45) is 5.41 Å². The predicted octanol–water partition coefficient (Wildman–Crippen LogP) is 4.34. The summed E-state index contributed by atoms with van der Waals surface area (Å²) in [6.45, 7) is 2.16. The number of ketones is 1. The van der Waals surface area contributed by atoms with Gasteiger partial charge >= 0.3 is 0 Å². The van der Waals surface area contributed by atoms with E-state index in [2.05, 4.69) is 22.2 Å². The Bertz CT molecular complexity index is 950. The number of H-pyrrole nitrogens is 1. The molecule has 0 saturated carbocycles. The summed E-state index contributed by atoms with van der Waals surface area (Å²) in [5.74, 6) is 0.113. The second-order valence-electron chi connectivity index (χ2n) is 7.52. The quantitative estimate of drug-likeness (QED) is 0.632. The Kier molecular flexibility index (Phi) is 4.54. The van der Waals surface area contributed by atoms with Gasteiger partial charge in [0.2, 0.25) is 0 Å². The molecular formula is C22H23N3O2. The van der Waals surface area contributed by atoms with Crippen molar-refractivity contribution in [3.8, 4) is 11.3 Å². The van der Waals surface area contributed by atoms with Gasteiger partial charge in [-0.15, -0.1) is 0 Å². The van der Waals surface area contributed by atoms with Crippen LogP contribution < -0.4 is 5.32 Å². The minimum absolute atomic E-state index is 0.0894. The Labute approximate surface area is 158 Å². The van der Waals surface area contributed by atoms with Crippen molar-refractivity contribution in [1.82, 2.24) is 9.97 Å². The minimum Gasteiger partial charge on any atom is -0.396 e. The first-order valence-corrected chi connectivity index (χ1v) is 9.21. The number of aromatic amines is 1. The van der Waals surface area contributed by atoms with Gasteiger partial charge in [0.1, 0.15) is 0 Å². The fourth-order valence-electron chi connectivity index (χ4n) is 3.93. The van der Waals surface area contributed by atoms with Crippen LogP contribution in [-0.2, 0) is 6.42 Å². The van der Waals surface area contributed by atoms with E-state index in [1.165, 1.54) is 0 Å². The number of para-hydroxylation sites is 1. The Morgan fingerprint density at radius 1 is 1.15 bits per heavy atom. The van der Waals surface area contributed by atoms with E-state index in [9.17, 15) is 9.90 Å². The normalized spacial score (nSPS) is 19.0. The Hall–Kier alpha value is -2.92. The summed E-state index contributed by atoms with van der Waals surface area (Å²) in [6, 6.07) is 13.7. The third-order valence-electron chi connectivity index (χ3n) is 5.27. The smallest absolute Gasteiger partial charge is 0.167 e. The number of nitrogens with zero attached hydrogens (tertiary/aromatic N) is 1. The molecule has 4 rings (SSSR count). The van der Waals surface area contributed by atoms with E-state index in [0.29, 0.717) is 12.8 Å². The lowest BCUT2D eigenvalue weighted by Gasteiger charge is -2.32. The molecule has 27 heavy (non-hydrogen) atoms. The number of hydrogen-bond acceptors (Lipinski definition) is 4. The summed E-state index contributed by atoms with van der Waals surface area (Å²) in [7, 11) is 0. The van der Waals surface area contributed by atoms with Crippen LogP contribution in [0.4, 0.5) is 11.4 Å². The number of aliphatic hydroxyl groups excluding tert-OH is 1.